The average molecular weight is 729 g/mol. The molecule has 268 valence electrons. The lowest BCUT2D eigenvalue weighted by molar-refractivity contribution is 0.669. The van der Waals surface area contributed by atoms with E-state index in [0.717, 1.165) is 67.0 Å². The third kappa shape index (κ3) is 5.51. The SMILES string of the molecule is c1ccc(N(c2ccccc2)c2ccc(-c3ccc(N(c4ccccc4)c4cc5oc6ccc7ccccc7c6c5c5ccccc45)cc3)c3ccccc23)cc1. The van der Waals surface area contributed by atoms with Crippen molar-refractivity contribution < 1.29 is 4.42 Å². The highest BCUT2D eigenvalue weighted by molar-refractivity contribution is 6.28. The minimum absolute atomic E-state index is 0.874. The molecule has 57 heavy (non-hydrogen) atoms. The summed E-state index contributed by atoms with van der Waals surface area (Å²) < 4.78 is 6.70. The van der Waals surface area contributed by atoms with E-state index in [1.165, 1.54) is 32.5 Å². The predicted octanol–water partition coefficient (Wildman–Crippen LogP) is 15.7. The van der Waals surface area contributed by atoms with Crippen molar-refractivity contribution >= 4 is 88.4 Å². The Bertz CT molecular complexity index is 3190. The maximum absolute atomic E-state index is 6.70. The van der Waals surface area contributed by atoms with Crippen LogP contribution in [0.4, 0.5) is 34.1 Å². The fourth-order valence-electron chi connectivity index (χ4n) is 8.67. The van der Waals surface area contributed by atoms with Crippen molar-refractivity contribution in [2.45, 2.75) is 0 Å². The van der Waals surface area contributed by atoms with Crippen molar-refractivity contribution in [2.75, 3.05) is 9.80 Å². The van der Waals surface area contributed by atoms with Gasteiger partial charge < -0.3 is 14.2 Å². The first-order valence-corrected chi connectivity index (χ1v) is 19.4. The first kappa shape index (κ1) is 32.8. The molecule has 3 nitrogen and oxygen atoms in total. The second kappa shape index (κ2) is 13.6. The summed E-state index contributed by atoms with van der Waals surface area (Å²) >= 11 is 0. The topological polar surface area (TPSA) is 19.6 Å². The molecular weight excluding hydrogens is 693 g/mol. The Balaban J connectivity index is 1.06. The summed E-state index contributed by atoms with van der Waals surface area (Å²) in [5.41, 5.74) is 10.7. The molecule has 0 bridgehead atoms. The molecule has 0 unspecified atom stereocenters. The summed E-state index contributed by atoms with van der Waals surface area (Å²) in [4.78, 5) is 4.70. The molecule has 0 aliphatic rings. The zero-order valence-corrected chi connectivity index (χ0v) is 31.1. The van der Waals surface area contributed by atoms with Crippen molar-refractivity contribution in [3.05, 3.63) is 218 Å². The van der Waals surface area contributed by atoms with Crippen LogP contribution in [0, 0.1) is 0 Å². The largest absolute Gasteiger partial charge is 0.456 e. The van der Waals surface area contributed by atoms with E-state index in [-0.39, 0.29) is 0 Å². The van der Waals surface area contributed by atoms with E-state index in [9.17, 15) is 0 Å². The molecule has 3 heteroatoms. The van der Waals surface area contributed by atoms with Crippen LogP contribution in [-0.2, 0) is 0 Å². The molecule has 0 N–H and O–H groups in total. The van der Waals surface area contributed by atoms with Gasteiger partial charge >= 0.3 is 0 Å². The molecule has 1 heterocycles. The van der Waals surface area contributed by atoms with Gasteiger partial charge in [-0.05, 0) is 93.3 Å². The first-order valence-electron chi connectivity index (χ1n) is 19.4. The van der Waals surface area contributed by atoms with Crippen LogP contribution in [0.15, 0.2) is 223 Å². The van der Waals surface area contributed by atoms with Crippen molar-refractivity contribution in [3.8, 4) is 11.1 Å². The Morgan fingerprint density at radius 2 is 0.772 bits per heavy atom. The molecular formula is C54H36N2O. The van der Waals surface area contributed by atoms with Crippen molar-refractivity contribution in [1.29, 1.82) is 0 Å². The highest BCUT2D eigenvalue weighted by atomic mass is 16.3. The van der Waals surface area contributed by atoms with Crippen LogP contribution in [0.5, 0.6) is 0 Å². The second-order valence-corrected chi connectivity index (χ2v) is 14.5. The van der Waals surface area contributed by atoms with E-state index in [2.05, 4.69) is 228 Å². The third-order valence-electron chi connectivity index (χ3n) is 11.2. The van der Waals surface area contributed by atoms with Gasteiger partial charge in [0.2, 0.25) is 0 Å². The fourth-order valence-corrected chi connectivity index (χ4v) is 8.67. The van der Waals surface area contributed by atoms with Crippen LogP contribution >= 0.6 is 0 Å². The molecule has 0 saturated carbocycles. The Hall–Kier alpha value is -7.62. The fraction of sp³-hybridized carbons (Fsp3) is 0. The molecule has 0 spiro atoms. The standard InChI is InChI=1S/C54H36N2O/c1-4-17-39(18-5-1)55(40-19-6-2-7-20-40)49-34-33-43(45-24-12-13-25-46(45)49)38-28-31-42(32-29-38)56(41-21-8-3-9-22-41)50-36-52-54(48-27-15-14-26-47(48)50)53-44-23-11-10-16-37(44)30-35-51(53)57-52/h1-36H. The quantitative estimate of drug-likeness (QED) is 0.163. The van der Waals surface area contributed by atoms with Gasteiger partial charge in [-0.1, -0.05) is 152 Å². The van der Waals surface area contributed by atoms with Gasteiger partial charge in [-0.15, -0.1) is 0 Å². The second-order valence-electron chi connectivity index (χ2n) is 14.5. The minimum atomic E-state index is 0.874. The Labute approximate surface area is 330 Å². The first-order chi connectivity index (χ1) is 28.3. The maximum Gasteiger partial charge on any atom is 0.138 e. The lowest BCUT2D eigenvalue weighted by Crippen LogP contribution is -2.10. The smallest absolute Gasteiger partial charge is 0.138 e. The normalized spacial score (nSPS) is 11.5. The zero-order chi connectivity index (χ0) is 37.7. The number of anilines is 6. The zero-order valence-electron chi connectivity index (χ0n) is 31.1. The van der Waals surface area contributed by atoms with Crippen LogP contribution in [0.2, 0.25) is 0 Å². The van der Waals surface area contributed by atoms with E-state index in [4.69, 9.17) is 4.42 Å². The van der Waals surface area contributed by atoms with Gasteiger partial charge in [-0.25, -0.2) is 0 Å². The molecule has 0 amide bonds. The maximum atomic E-state index is 6.70. The molecule has 0 radical (unpaired) electrons. The number of nitrogens with zero attached hydrogens (tertiary/aromatic N) is 2. The highest BCUT2D eigenvalue weighted by Gasteiger charge is 2.22. The monoisotopic (exact) mass is 728 g/mol. The number of fused-ring (bicyclic) bond motifs is 8. The number of rotatable bonds is 7. The average Bonchev–Trinajstić information content (AvgIpc) is 3.68. The Kier molecular flexibility index (Phi) is 7.82. The van der Waals surface area contributed by atoms with E-state index in [0.29, 0.717) is 0 Å². The lowest BCUT2D eigenvalue weighted by atomic mass is 9.95. The molecule has 11 rings (SSSR count). The summed E-state index contributed by atoms with van der Waals surface area (Å²) in [5.74, 6) is 0. The van der Waals surface area contributed by atoms with Gasteiger partial charge in [0.25, 0.3) is 0 Å². The summed E-state index contributed by atoms with van der Waals surface area (Å²) in [6.07, 6.45) is 0. The molecule has 1 aromatic heterocycles. The predicted molar refractivity (Wildman–Crippen MR) is 241 cm³/mol. The molecule has 0 aliphatic carbocycles. The van der Waals surface area contributed by atoms with E-state index < -0.39 is 0 Å². The molecule has 0 saturated heterocycles. The van der Waals surface area contributed by atoms with E-state index >= 15 is 0 Å². The third-order valence-corrected chi connectivity index (χ3v) is 11.2. The molecule has 0 fully saturated rings. The molecule has 11 aromatic rings. The number of hydrogen-bond acceptors (Lipinski definition) is 3. The van der Waals surface area contributed by atoms with Crippen LogP contribution < -0.4 is 9.80 Å². The van der Waals surface area contributed by atoms with Crippen LogP contribution in [0.25, 0.3) is 65.4 Å². The summed E-state index contributed by atoms with van der Waals surface area (Å²) in [5, 5.41) is 9.45. The number of benzene rings is 10. The Morgan fingerprint density at radius 3 is 1.40 bits per heavy atom. The lowest BCUT2D eigenvalue weighted by Gasteiger charge is -2.28. The minimum Gasteiger partial charge on any atom is -0.456 e. The van der Waals surface area contributed by atoms with Crippen molar-refractivity contribution in [2.24, 2.45) is 0 Å². The van der Waals surface area contributed by atoms with E-state index in [1.54, 1.807) is 0 Å². The van der Waals surface area contributed by atoms with Gasteiger partial charge in [0.15, 0.2) is 0 Å². The molecule has 0 aliphatic heterocycles. The molecule has 10 aromatic carbocycles. The van der Waals surface area contributed by atoms with Crippen LogP contribution in [0.1, 0.15) is 0 Å². The van der Waals surface area contributed by atoms with Gasteiger partial charge in [0.05, 0.1) is 11.4 Å². The molecule has 0 atom stereocenters. The van der Waals surface area contributed by atoms with Crippen LogP contribution in [-0.4, -0.2) is 0 Å². The van der Waals surface area contributed by atoms with Gasteiger partial charge in [-0.2, -0.15) is 0 Å². The van der Waals surface area contributed by atoms with Crippen LogP contribution in [0.3, 0.4) is 0 Å². The summed E-state index contributed by atoms with van der Waals surface area (Å²) in [6.45, 7) is 0. The number of para-hydroxylation sites is 3. The Morgan fingerprint density at radius 1 is 0.298 bits per heavy atom. The van der Waals surface area contributed by atoms with Gasteiger partial charge in [-0.3, -0.25) is 0 Å². The highest BCUT2D eigenvalue weighted by Crippen LogP contribution is 2.47. The van der Waals surface area contributed by atoms with Gasteiger partial charge in [0, 0.05) is 50.4 Å². The van der Waals surface area contributed by atoms with Crippen molar-refractivity contribution in [3.63, 3.8) is 0 Å². The summed E-state index contributed by atoms with van der Waals surface area (Å²) in [6, 6.07) is 77.9. The van der Waals surface area contributed by atoms with E-state index in [1.807, 2.05) is 0 Å². The number of furan rings is 1. The van der Waals surface area contributed by atoms with Gasteiger partial charge in [0.1, 0.15) is 11.2 Å². The number of hydrogen-bond donors (Lipinski definition) is 0. The summed E-state index contributed by atoms with van der Waals surface area (Å²) in [7, 11) is 0. The van der Waals surface area contributed by atoms with Crippen molar-refractivity contribution in [1.82, 2.24) is 0 Å².